The van der Waals surface area contributed by atoms with Gasteiger partial charge < -0.3 is 9.67 Å². The number of halogens is 2. The highest BCUT2D eigenvalue weighted by molar-refractivity contribution is 7.99. The second-order valence-corrected chi connectivity index (χ2v) is 8.18. The molecule has 0 radical (unpaired) electrons. The largest absolute Gasteiger partial charge is 0.477 e. The molecule has 3 heterocycles. The molecule has 0 unspecified atom stereocenters. The maximum absolute atomic E-state index is 15.1. The van der Waals surface area contributed by atoms with Crippen molar-refractivity contribution < 1.29 is 14.3 Å². The number of carboxylic acid groups (broad SMARTS) is 1. The number of fused-ring (bicyclic) bond motifs is 1. The Morgan fingerprint density at radius 2 is 2.10 bits per heavy atom. The van der Waals surface area contributed by atoms with Crippen LogP contribution in [0.3, 0.4) is 0 Å². The predicted octanol–water partition coefficient (Wildman–Crippen LogP) is 5.58. The van der Waals surface area contributed by atoms with Crippen LogP contribution >= 0.6 is 23.4 Å². The summed E-state index contributed by atoms with van der Waals surface area (Å²) in [5, 5.41) is 14.8. The van der Waals surface area contributed by atoms with E-state index < -0.39 is 11.8 Å². The summed E-state index contributed by atoms with van der Waals surface area (Å²) < 4.78 is 18.7. The first-order valence-corrected chi connectivity index (χ1v) is 10.5. The lowest BCUT2D eigenvalue weighted by atomic mass is 10.2. The molecule has 0 spiro atoms. The van der Waals surface area contributed by atoms with Crippen LogP contribution in [0.5, 0.6) is 0 Å². The molecule has 154 valence electrons. The van der Waals surface area contributed by atoms with Gasteiger partial charge in [-0.1, -0.05) is 36.4 Å². The fraction of sp³-hybridized carbons (Fsp3) is 0.190. The number of benzene rings is 1. The molecule has 30 heavy (non-hydrogen) atoms. The van der Waals surface area contributed by atoms with Crippen LogP contribution in [0, 0.1) is 12.7 Å². The summed E-state index contributed by atoms with van der Waals surface area (Å²) >= 11 is 7.38. The highest BCUT2D eigenvalue weighted by Crippen LogP contribution is 2.41. The molecular formula is C21H18ClFN4O2S. The van der Waals surface area contributed by atoms with Crippen LogP contribution in [0.15, 0.2) is 52.6 Å². The SMILES string of the molecule is CCCn1cc(-n2c(C)c(Sc3cccc(C(=O)O)n3)c3ccc(Cl)c(F)c32)cn1. The molecule has 6 nitrogen and oxygen atoms in total. The van der Waals surface area contributed by atoms with Crippen molar-refractivity contribution in [2.45, 2.75) is 36.7 Å². The van der Waals surface area contributed by atoms with E-state index in [1.807, 2.05) is 17.8 Å². The second kappa shape index (κ2) is 8.12. The summed E-state index contributed by atoms with van der Waals surface area (Å²) in [6.07, 6.45) is 4.49. The summed E-state index contributed by atoms with van der Waals surface area (Å²) in [6, 6.07) is 8.09. The third-order valence-corrected chi connectivity index (χ3v) is 6.13. The molecular weight excluding hydrogens is 427 g/mol. The van der Waals surface area contributed by atoms with Gasteiger partial charge in [0.05, 0.1) is 22.4 Å². The van der Waals surface area contributed by atoms with Crippen LogP contribution in [-0.2, 0) is 6.54 Å². The van der Waals surface area contributed by atoms with E-state index in [2.05, 4.69) is 17.0 Å². The lowest BCUT2D eigenvalue weighted by Gasteiger charge is -2.07. The van der Waals surface area contributed by atoms with Crippen molar-refractivity contribution in [3.63, 3.8) is 0 Å². The number of rotatable bonds is 6. The van der Waals surface area contributed by atoms with E-state index in [-0.39, 0.29) is 10.7 Å². The monoisotopic (exact) mass is 444 g/mol. The number of hydrogen-bond acceptors (Lipinski definition) is 4. The van der Waals surface area contributed by atoms with Gasteiger partial charge in [-0.3, -0.25) is 4.68 Å². The van der Waals surface area contributed by atoms with Gasteiger partial charge in [0.25, 0.3) is 0 Å². The number of carbonyl (C=O) groups is 1. The first-order valence-electron chi connectivity index (χ1n) is 9.30. The predicted molar refractivity (Wildman–Crippen MR) is 114 cm³/mol. The van der Waals surface area contributed by atoms with E-state index in [0.29, 0.717) is 15.9 Å². The number of nitrogens with zero attached hydrogens (tertiary/aromatic N) is 4. The van der Waals surface area contributed by atoms with E-state index in [1.54, 1.807) is 29.0 Å². The molecule has 0 aliphatic heterocycles. The average molecular weight is 445 g/mol. The van der Waals surface area contributed by atoms with Gasteiger partial charge >= 0.3 is 5.97 Å². The Kier molecular flexibility index (Phi) is 5.53. The Balaban J connectivity index is 1.90. The first-order chi connectivity index (χ1) is 14.4. The maximum Gasteiger partial charge on any atom is 0.354 e. The lowest BCUT2D eigenvalue weighted by Crippen LogP contribution is -2.00. The van der Waals surface area contributed by atoms with Gasteiger partial charge in [-0.15, -0.1) is 0 Å². The fourth-order valence-corrected chi connectivity index (χ4v) is 4.54. The highest BCUT2D eigenvalue weighted by atomic mass is 35.5. The van der Waals surface area contributed by atoms with Crippen molar-refractivity contribution >= 4 is 40.2 Å². The van der Waals surface area contributed by atoms with Crippen LogP contribution in [0.4, 0.5) is 4.39 Å². The van der Waals surface area contributed by atoms with Gasteiger partial charge in [0.1, 0.15) is 10.7 Å². The Morgan fingerprint density at radius 1 is 1.30 bits per heavy atom. The van der Waals surface area contributed by atoms with E-state index in [9.17, 15) is 9.90 Å². The molecule has 3 aromatic heterocycles. The summed E-state index contributed by atoms with van der Waals surface area (Å²) in [5.41, 5.74) is 1.82. The van der Waals surface area contributed by atoms with Crippen molar-refractivity contribution in [3.05, 3.63) is 65.0 Å². The number of aromatic nitrogens is 4. The topological polar surface area (TPSA) is 72.9 Å². The lowest BCUT2D eigenvalue weighted by molar-refractivity contribution is 0.0689. The smallest absolute Gasteiger partial charge is 0.354 e. The number of aromatic carboxylic acids is 1. The molecule has 4 rings (SSSR count). The van der Waals surface area contributed by atoms with Crippen LogP contribution in [-0.4, -0.2) is 30.4 Å². The van der Waals surface area contributed by atoms with Crippen molar-refractivity contribution in [2.24, 2.45) is 0 Å². The Labute approximate surface area is 181 Å². The van der Waals surface area contributed by atoms with Gasteiger partial charge in [0, 0.05) is 28.7 Å². The average Bonchev–Trinajstić information content (AvgIpc) is 3.28. The molecule has 0 saturated heterocycles. The van der Waals surface area contributed by atoms with Gasteiger partial charge in [0.15, 0.2) is 5.82 Å². The van der Waals surface area contributed by atoms with Gasteiger partial charge in [0.2, 0.25) is 0 Å². The van der Waals surface area contributed by atoms with E-state index in [4.69, 9.17) is 11.6 Å². The number of aryl methyl sites for hydroxylation is 1. The quantitative estimate of drug-likeness (QED) is 0.420. The van der Waals surface area contributed by atoms with E-state index >= 15 is 4.39 Å². The van der Waals surface area contributed by atoms with E-state index in [0.717, 1.165) is 29.2 Å². The third kappa shape index (κ3) is 3.57. The fourth-order valence-electron chi connectivity index (χ4n) is 3.37. The normalized spacial score (nSPS) is 11.3. The Morgan fingerprint density at radius 3 is 2.83 bits per heavy atom. The molecule has 9 heteroatoms. The molecule has 0 amide bonds. The third-order valence-electron chi connectivity index (χ3n) is 4.68. The maximum atomic E-state index is 15.1. The number of pyridine rings is 1. The zero-order valence-corrected chi connectivity index (χ0v) is 17.8. The highest BCUT2D eigenvalue weighted by Gasteiger charge is 2.22. The summed E-state index contributed by atoms with van der Waals surface area (Å²) in [7, 11) is 0. The summed E-state index contributed by atoms with van der Waals surface area (Å²) in [5.74, 6) is -1.61. The standard InChI is InChI=1S/C21H18ClFN4O2S/c1-3-9-26-11-13(10-24-26)27-12(2)20(14-7-8-15(22)18(23)19(14)27)30-17-6-4-5-16(25-17)21(28)29/h4-8,10-11H,3,9H2,1-2H3,(H,28,29). The first kappa shape index (κ1) is 20.4. The molecule has 4 aromatic rings. The van der Waals surface area contributed by atoms with E-state index in [1.165, 1.54) is 23.9 Å². The van der Waals surface area contributed by atoms with Gasteiger partial charge in [-0.25, -0.2) is 14.2 Å². The van der Waals surface area contributed by atoms with Crippen molar-refractivity contribution in [3.8, 4) is 5.69 Å². The summed E-state index contributed by atoms with van der Waals surface area (Å²) in [4.78, 5) is 16.2. The molecule has 0 saturated carbocycles. The minimum Gasteiger partial charge on any atom is -0.477 e. The molecule has 1 N–H and O–H groups in total. The molecule has 0 fully saturated rings. The van der Waals surface area contributed by atoms with Crippen molar-refractivity contribution in [1.29, 1.82) is 0 Å². The zero-order valence-electron chi connectivity index (χ0n) is 16.3. The van der Waals surface area contributed by atoms with Gasteiger partial charge in [-0.2, -0.15) is 5.10 Å². The molecule has 0 aliphatic carbocycles. The van der Waals surface area contributed by atoms with Crippen LogP contribution in [0.1, 0.15) is 29.5 Å². The number of carboxylic acids is 1. The zero-order chi connectivity index (χ0) is 21.4. The Bertz CT molecular complexity index is 1270. The van der Waals surface area contributed by atoms with Crippen LogP contribution in [0.2, 0.25) is 5.02 Å². The Hall–Kier alpha value is -2.84. The number of hydrogen-bond donors (Lipinski definition) is 1. The molecule has 1 aromatic carbocycles. The van der Waals surface area contributed by atoms with Crippen LogP contribution < -0.4 is 0 Å². The summed E-state index contributed by atoms with van der Waals surface area (Å²) in [6.45, 7) is 4.70. The minimum atomic E-state index is -1.10. The van der Waals surface area contributed by atoms with Crippen LogP contribution in [0.25, 0.3) is 16.6 Å². The minimum absolute atomic E-state index is 0.0322. The molecule has 0 aliphatic rings. The van der Waals surface area contributed by atoms with Crippen molar-refractivity contribution in [1.82, 2.24) is 19.3 Å². The van der Waals surface area contributed by atoms with Gasteiger partial charge in [-0.05, 0) is 37.6 Å². The second-order valence-electron chi connectivity index (χ2n) is 6.74. The molecule has 0 atom stereocenters. The molecule has 0 bridgehead atoms. The van der Waals surface area contributed by atoms with Crippen molar-refractivity contribution in [2.75, 3.05) is 0 Å².